The van der Waals surface area contributed by atoms with Crippen molar-refractivity contribution in [2.24, 2.45) is 0 Å². The van der Waals surface area contributed by atoms with Crippen LogP contribution in [0.2, 0.25) is 10.0 Å². The molecule has 0 aliphatic rings. The number of para-hydroxylation sites is 1. The largest absolute Gasteiger partial charge is 0.396 e. The van der Waals surface area contributed by atoms with Gasteiger partial charge in [0, 0.05) is 25.1 Å². The Labute approximate surface area is 155 Å². The van der Waals surface area contributed by atoms with E-state index in [1.54, 1.807) is 29.3 Å². The number of benzene rings is 2. The minimum Gasteiger partial charge on any atom is -0.396 e. The number of aromatic amines is 1. The average molecular weight is 378 g/mol. The van der Waals surface area contributed by atoms with Crippen LogP contribution in [0.1, 0.15) is 22.3 Å². The second kappa shape index (κ2) is 7.87. The summed E-state index contributed by atoms with van der Waals surface area (Å²) in [6, 6.07) is 10.8. The molecule has 3 aromatic rings. The Kier molecular flexibility index (Phi) is 5.58. The maximum atomic E-state index is 13.1. The van der Waals surface area contributed by atoms with E-state index in [0.29, 0.717) is 40.6 Å². The molecule has 0 atom stereocenters. The van der Waals surface area contributed by atoms with Crippen LogP contribution in [-0.2, 0) is 6.54 Å². The van der Waals surface area contributed by atoms with Crippen molar-refractivity contribution in [1.29, 1.82) is 0 Å². The third-order valence-electron chi connectivity index (χ3n) is 3.94. The molecule has 0 saturated heterocycles. The van der Waals surface area contributed by atoms with Crippen LogP contribution in [0.25, 0.3) is 10.9 Å². The molecule has 0 radical (unpaired) electrons. The fraction of sp³-hybridized carbons (Fsp3) is 0.222. The predicted octanol–water partition coefficient (Wildman–Crippen LogP) is 3.89. The number of aliphatic hydroxyl groups is 1. The Morgan fingerprint density at radius 3 is 2.80 bits per heavy atom. The zero-order valence-electron chi connectivity index (χ0n) is 13.4. The number of rotatable bonds is 6. The number of aromatic nitrogens is 2. The van der Waals surface area contributed by atoms with Crippen LogP contribution in [0.3, 0.4) is 0 Å². The lowest BCUT2D eigenvalue weighted by atomic mass is 10.1. The van der Waals surface area contributed by atoms with Crippen LogP contribution in [0.5, 0.6) is 0 Å². The topological polar surface area (TPSA) is 69.2 Å². The summed E-state index contributed by atoms with van der Waals surface area (Å²) in [6.45, 7) is 0.819. The average Bonchev–Trinajstić information content (AvgIpc) is 3.09. The third kappa shape index (κ3) is 3.95. The van der Waals surface area contributed by atoms with Crippen molar-refractivity contribution in [1.82, 2.24) is 15.1 Å². The molecule has 0 unspecified atom stereocenters. The molecule has 0 saturated carbocycles. The van der Waals surface area contributed by atoms with Crippen molar-refractivity contribution >= 4 is 40.0 Å². The van der Waals surface area contributed by atoms with E-state index >= 15 is 0 Å². The summed E-state index contributed by atoms with van der Waals surface area (Å²) in [7, 11) is 0. The lowest BCUT2D eigenvalue weighted by Crippen LogP contribution is -2.32. The first-order valence-electron chi connectivity index (χ1n) is 7.86. The monoisotopic (exact) mass is 377 g/mol. The summed E-state index contributed by atoms with van der Waals surface area (Å²) in [6.07, 6.45) is 2.18. The van der Waals surface area contributed by atoms with Gasteiger partial charge in [-0.15, -0.1) is 0 Å². The lowest BCUT2D eigenvalue weighted by molar-refractivity contribution is 0.0734. The van der Waals surface area contributed by atoms with Gasteiger partial charge in [0.05, 0.1) is 27.3 Å². The van der Waals surface area contributed by atoms with Crippen LogP contribution in [0.15, 0.2) is 42.6 Å². The summed E-state index contributed by atoms with van der Waals surface area (Å²) in [5.74, 6) is -0.130. The number of carbonyl (C=O) groups is 1. The van der Waals surface area contributed by atoms with E-state index in [4.69, 9.17) is 28.3 Å². The molecule has 2 aromatic carbocycles. The molecule has 0 aliphatic heterocycles. The van der Waals surface area contributed by atoms with E-state index in [1.165, 1.54) is 0 Å². The number of halogens is 2. The van der Waals surface area contributed by atoms with Crippen LogP contribution in [0, 0.1) is 0 Å². The molecule has 3 rings (SSSR count). The van der Waals surface area contributed by atoms with Gasteiger partial charge >= 0.3 is 0 Å². The summed E-state index contributed by atoms with van der Waals surface area (Å²) in [4.78, 5) is 14.7. The lowest BCUT2D eigenvalue weighted by Gasteiger charge is -2.23. The minimum atomic E-state index is -0.130. The molecule has 0 fully saturated rings. The zero-order chi connectivity index (χ0) is 17.8. The number of hydrogen-bond donors (Lipinski definition) is 2. The third-order valence-corrected chi connectivity index (χ3v) is 4.68. The first-order chi connectivity index (χ1) is 12.1. The Bertz CT molecular complexity index is 895. The Balaban J connectivity index is 1.90. The molecule has 0 bridgehead atoms. The van der Waals surface area contributed by atoms with Crippen molar-refractivity contribution in [2.45, 2.75) is 13.0 Å². The van der Waals surface area contributed by atoms with E-state index < -0.39 is 0 Å². The molecule has 0 aliphatic carbocycles. The van der Waals surface area contributed by atoms with Gasteiger partial charge in [-0.2, -0.15) is 5.10 Å². The molecular formula is C18H17Cl2N3O2. The number of aliphatic hydroxyl groups excluding tert-OH is 1. The first-order valence-corrected chi connectivity index (χ1v) is 8.62. The maximum Gasteiger partial charge on any atom is 0.256 e. The summed E-state index contributed by atoms with van der Waals surface area (Å²) >= 11 is 12.0. The maximum absolute atomic E-state index is 13.1. The highest BCUT2D eigenvalue weighted by Crippen LogP contribution is 2.24. The van der Waals surface area contributed by atoms with Gasteiger partial charge < -0.3 is 10.0 Å². The number of fused-ring (bicyclic) bond motifs is 1. The Morgan fingerprint density at radius 2 is 2.04 bits per heavy atom. The van der Waals surface area contributed by atoms with Crippen molar-refractivity contribution in [3.63, 3.8) is 0 Å². The van der Waals surface area contributed by atoms with Crippen molar-refractivity contribution in [3.05, 3.63) is 63.8 Å². The molecular weight excluding hydrogens is 361 g/mol. The molecule has 130 valence electrons. The summed E-state index contributed by atoms with van der Waals surface area (Å²) in [5, 5.41) is 17.8. The molecule has 5 nitrogen and oxygen atoms in total. The predicted molar refractivity (Wildman–Crippen MR) is 99.0 cm³/mol. The Morgan fingerprint density at radius 1 is 1.20 bits per heavy atom. The smallest absolute Gasteiger partial charge is 0.256 e. The van der Waals surface area contributed by atoms with Gasteiger partial charge in [0.15, 0.2) is 0 Å². The van der Waals surface area contributed by atoms with Crippen LogP contribution in [0.4, 0.5) is 0 Å². The summed E-state index contributed by atoms with van der Waals surface area (Å²) < 4.78 is 0. The molecule has 2 N–H and O–H groups in total. The van der Waals surface area contributed by atoms with Crippen LogP contribution >= 0.6 is 23.2 Å². The highest BCUT2D eigenvalue weighted by Gasteiger charge is 2.19. The number of amides is 1. The number of carbonyl (C=O) groups excluding carboxylic acids is 1. The zero-order valence-corrected chi connectivity index (χ0v) is 14.9. The number of hydrogen-bond acceptors (Lipinski definition) is 3. The fourth-order valence-electron chi connectivity index (χ4n) is 2.69. The van der Waals surface area contributed by atoms with Crippen molar-refractivity contribution in [3.8, 4) is 0 Å². The number of nitrogens with one attached hydrogen (secondary N) is 1. The van der Waals surface area contributed by atoms with Gasteiger partial charge in [0.1, 0.15) is 0 Å². The van der Waals surface area contributed by atoms with Gasteiger partial charge in [-0.05, 0) is 30.2 Å². The second-order valence-electron chi connectivity index (χ2n) is 5.69. The van der Waals surface area contributed by atoms with Gasteiger partial charge in [-0.25, -0.2) is 0 Å². The van der Waals surface area contributed by atoms with E-state index in [0.717, 1.165) is 10.9 Å². The highest BCUT2D eigenvalue weighted by molar-refractivity contribution is 6.42. The standard InChI is InChI=1S/C18H17Cl2N3O2/c19-15-6-5-12(9-16(15)20)11-23(7-2-8-24)18(25)14-4-1-3-13-10-21-22-17(13)14/h1,3-6,9-10,24H,2,7-8,11H2,(H,21,22). The SMILES string of the molecule is O=C(c1cccc2cn[nH]c12)N(CCCO)Cc1ccc(Cl)c(Cl)c1. The number of nitrogens with zero attached hydrogens (tertiary/aromatic N) is 2. The van der Waals surface area contributed by atoms with Gasteiger partial charge in [0.2, 0.25) is 0 Å². The molecule has 7 heteroatoms. The van der Waals surface area contributed by atoms with Crippen molar-refractivity contribution in [2.75, 3.05) is 13.2 Å². The van der Waals surface area contributed by atoms with E-state index in [-0.39, 0.29) is 12.5 Å². The van der Waals surface area contributed by atoms with Gasteiger partial charge in [0.25, 0.3) is 5.91 Å². The van der Waals surface area contributed by atoms with E-state index in [1.807, 2.05) is 18.2 Å². The molecule has 1 amide bonds. The normalized spacial score (nSPS) is 11.0. The van der Waals surface area contributed by atoms with Gasteiger partial charge in [-0.1, -0.05) is 41.4 Å². The molecule has 1 aromatic heterocycles. The van der Waals surface area contributed by atoms with E-state index in [9.17, 15) is 4.79 Å². The minimum absolute atomic E-state index is 0.0133. The molecule has 0 spiro atoms. The Hall–Kier alpha value is -2.08. The van der Waals surface area contributed by atoms with Crippen molar-refractivity contribution < 1.29 is 9.90 Å². The molecule has 25 heavy (non-hydrogen) atoms. The van der Waals surface area contributed by atoms with E-state index in [2.05, 4.69) is 10.2 Å². The second-order valence-corrected chi connectivity index (χ2v) is 6.51. The summed E-state index contributed by atoms with van der Waals surface area (Å²) in [5.41, 5.74) is 2.13. The number of H-pyrrole nitrogens is 1. The quantitative estimate of drug-likeness (QED) is 0.684. The fourth-order valence-corrected chi connectivity index (χ4v) is 3.01. The highest BCUT2D eigenvalue weighted by atomic mass is 35.5. The van der Waals surface area contributed by atoms with Crippen LogP contribution in [-0.4, -0.2) is 39.3 Å². The first kappa shape index (κ1) is 17.7. The molecule has 1 heterocycles. The van der Waals surface area contributed by atoms with Gasteiger partial charge in [-0.3, -0.25) is 9.89 Å². The van der Waals surface area contributed by atoms with Crippen LogP contribution < -0.4 is 0 Å².